The Bertz CT molecular complexity index is 1270. The Kier molecular flexibility index (Phi) is 6.56. The predicted molar refractivity (Wildman–Crippen MR) is 122 cm³/mol. The molecular formula is C26H21N3O4. The van der Waals surface area contributed by atoms with Crippen molar-refractivity contribution in [2.45, 2.75) is 13.8 Å². The van der Waals surface area contributed by atoms with Gasteiger partial charge >= 0.3 is 11.9 Å². The molecule has 0 bridgehead atoms. The summed E-state index contributed by atoms with van der Waals surface area (Å²) in [7, 11) is 2.26. The number of aliphatic imine (C=N–C) groups is 1. The van der Waals surface area contributed by atoms with Gasteiger partial charge in [-0.15, -0.1) is 0 Å². The van der Waals surface area contributed by atoms with E-state index in [1.165, 1.54) is 6.21 Å². The number of carbonyl (C=O) groups excluding carboxylic acids is 2. The molecule has 7 nitrogen and oxygen atoms in total. The fraction of sp³-hybridized carbons (Fsp3) is 0.192. The van der Waals surface area contributed by atoms with Crippen LogP contribution in [0.25, 0.3) is 5.57 Å². The van der Waals surface area contributed by atoms with Crippen LogP contribution < -0.4 is 0 Å². The van der Waals surface area contributed by atoms with Gasteiger partial charge in [-0.2, -0.15) is 10.5 Å². The maximum absolute atomic E-state index is 12.8. The lowest BCUT2D eigenvalue weighted by Gasteiger charge is -2.20. The maximum atomic E-state index is 12.8. The summed E-state index contributed by atoms with van der Waals surface area (Å²) in [5.41, 5.74) is 0.545. The van der Waals surface area contributed by atoms with E-state index in [-0.39, 0.29) is 16.8 Å². The number of nitriles is 2. The molecule has 164 valence electrons. The highest BCUT2D eigenvalue weighted by Crippen LogP contribution is 2.52. The molecule has 1 aliphatic rings. The first kappa shape index (κ1) is 23.2. The monoisotopic (exact) mass is 439 g/mol. The molecule has 0 fully saturated rings. The Labute approximate surface area is 191 Å². The summed E-state index contributed by atoms with van der Waals surface area (Å²) in [4.78, 5) is 30.1. The van der Waals surface area contributed by atoms with Crippen LogP contribution in [0.2, 0.25) is 0 Å². The van der Waals surface area contributed by atoms with Crippen molar-refractivity contribution in [1.29, 1.82) is 10.5 Å². The molecule has 33 heavy (non-hydrogen) atoms. The molecule has 0 aromatic heterocycles. The van der Waals surface area contributed by atoms with Gasteiger partial charge in [0.05, 0.1) is 43.2 Å². The van der Waals surface area contributed by atoms with Crippen molar-refractivity contribution in [3.63, 3.8) is 0 Å². The number of benzene rings is 2. The summed E-state index contributed by atoms with van der Waals surface area (Å²) in [6.07, 6.45) is 1.51. The molecule has 3 rings (SSSR count). The van der Waals surface area contributed by atoms with Gasteiger partial charge in [0.25, 0.3) is 0 Å². The van der Waals surface area contributed by atoms with E-state index >= 15 is 0 Å². The number of hydrogen-bond donors (Lipinski definition) is 0. The van der Waals surface area contributed by atoms with Gasteiger partial charge < -0.3 is 9.47 Å². The minimum Gasteiger partial charge on any atom is -0.466 e. The second-order valence-electron chi connectivity index (χ2n) is 7.47. The van der Waals surface area contributed by atoms with Gasteiger partial charge in [0.1, 0.15) is 0 Å². The van der Waals surface area contributed by atoms with Gasteiger partial charge in [-0.3, -0.25) is 4.99 Å². The molecule has 1 aliphatic carbocycles. The number of ether oxygens (including phenoxy) is 2. The summed E-state index contributed by atoms with van der Waals surface area (Å²) >= 11 is 0. The van der Waals surface area contributed by atoms with Crippen LogP contribution in [-0.4, -0.2) is 32.4 Å². The number of rotatable bonds is 5. The van der Waals surface area contributed by atoms with Crippen molar-refractivity contribution in [1.82, 2.24) is 0 Å². The molecule has 7 heteroatoms. The lowest BCUT2D eigenvalue weighted by atomic mass is 9.76. The Morgan fingerprint density at radius 3 is 1.88 bits per heavy atom. The fourth-order valence-electron chi connectivity index (χ4n) is 3.63. The van der Waals surface area contributed by atoms with E-state index in [0.29, 0.717) is 5.56 Å². The maximum Gasteiger partial charge on any atom is 0.340 e. The van der Waals surface area contributed by atoms with Crippen molar-refractivity contribution < 1.29 is 19.1 Å². The largest absolute Gasteiger partial charge is 0.466 e. The number of esters is 2. The Hall–Kier alpha value is -4.49. The Balaban J connectivity index is 2.41. The SMILES string of the molecule is COC(=O)C1=C(C(=O)OC)C(C#N)(C#N)C(c2ccc(C)cc2)=C1N=Cc1ccc(C)cc1. The van der Waals surface area contributed by atoms with Crippen LogP contribution in [0.4, 0.5) is 0 Å². The first-order valence-corrected chi connectivity index (χ1v) is 9.99. The highest BCUT2D eigenvalue weighted by Gasteiger charge is 2.54. The third-order valence-electron chi connectivity index (χ3n) is 5.35. The van der Waals surface area contributed by atoms with Gasteiger partial charge in [0, 0.05) is 11.8 Å². The quantitative estimate of drug-likeness (QED) is 0.517. The molecule has 2 aromatic rings. The normalized spacial score (nSPS) is 14.7. The second-order valence-corrected chi connectivity index (χ2v) is 7.47. The zero-order chi connectivity index (χ0) is 24.2. The van der Waals surface area contributed by atoms with Gasteiger partial charge in [-0.05, 0) is 25.0 Å². The molecule has 0 N–H and O–H groups in total. The Morgan fingerprint density at radius 1 is 0.879 bits per heavy atom. The van der Waals surface area contributed by atoms with Crippen LogP contribution in [-0.2, 0) is 19.1 Å². The highest BCUT2D eigenvalue weighted by molar-refractivity contribution is 6.14. The summed E-state index contributed by atoms with van der Waals surface area (Å²) in [6.45, 7) is 3.84. The number of allylic oxidation sites excluding steroid dienone is 1. The summed E-state index contributed by atoms with van der Waals surface area (Å²) in [5, 5.41) is 20.3. The molecule has 0 amide bonds. The molecule has 2 aromatic carbocycles. The number of aryl methyl sites for hydroxylation is 2. The molecule has 0 heterocycles. The van der Waals surface area contributed by atoms with E-state index in [1.807, 2.05) is 50.3 Å². The summed E-state index contributed by atoms with van der Waals surface area (Å²) in [5.74, 6) is -1.88. The average molecular weight is 439 g/mol. The van der Waals surface area contributed by atoms with E-state index in [1.54, 1.807) is 24.3 Å². The topological polar surface area (TPSA) is 113 Å². The standard InChI is InChI=1S/C26H21N3O4/c1-16-5-9-18(10-6-16)13-29-23-20(24(30)32-3)22(25(31)33-4)26(14-27,15-28)21(23)19-11-7-17(2)8-12-19/h5-13H,1-4H3. The number of carbonyl (C=O) groups is 2. The van der Waals surface area contributed by atoms with Crippen molar-refractivity contribution in [2.24, 2.45) is 10.4 Å². The van der Waals surface area contributed by atoms with Crippen LogP contribution in [0.15, 0.2) is 70.4 Å². The van der Waals surface area contributed by atoms with Gasteiger partial charge in [0.15, 0.2) is 0 Å². The van der Waals surface area contributed by atoms with Crippen LogP contribution in [0.1, 0.15) is 22.3 Å². The first-order chi connectivity index (χ1) is 15.8. The van der Waals surface area contributed by atoms with Crippen LogP contribution in [0, 0.1) is 41.9 Å². The van der Waals surface area contributed by atoms with Crippen LogP contribution in [0.3, 0.4) is 0 Å². The number of hydrogen-bond acceptors (Lipinski definition) is 7. The van der Waals surface area contributed by atoms with Crippen molar-refractivity contribution in [2.75, 3.05) is 14.2 Å². The molecule has 0 saturated carbocycles. The fourth-order valence-corrected chi connectivity index (χ4v) is 3.63. The van der Waals surface area contributed by atoms with Gasteiger partial charge in [0.2, 0.25) is 5.41 Å². The van der Waals surface area contributed by atoms with Crippen LogP contribution in [0.5, 0.6) is 0 Å². The minimum absolute atomic E-state index is 0.00905. The zero-order valence-electron chi connectivity index (χ0n) is 18.7. The van der Waals surface area contributed by atoms with Crippen molar-refractivity contribution in [3.05, 3.63) is 87.6 Å². The van der Waals surface area contributed by atoms with Crippen molar-refractivity contribution >= 4 is 23.7 Å². The zero-order valence-corrected chi connectivity index (χ0v) is 18.7. The number of nitrogens with zero attached hydrogens (tertiary/aromatic N) is 3. The molecule has 0 radical (unpaired) electrons. The van der Waals surface area contributed by atoms with E-state index in [0.717, 1.165) is 30.9 Å². The molecule has 0 saturated heterocycles. The van der Waals surface area contributed by atoms with Gasteiger partial charge in [-0.1, -0.05) is 59.7 Å². The lowest BCUT2D eigenvalue weighted by Crippen LogP contribution is -2.26. The average Bonchev–Trinajstić information content (AvgIpc) is 3.13. The summed E-state index contributed by atoms with van der Waals surface area (Å²) < 4.78 is 9.77. The predicted octanol–water partition coefficient (Wildman–Crippen LogP) is 3.82. The van der Waals surface area contributed by atoms with Crippen molar-refractivity contribution in [3.8, 4) is 12.1 Å². The van der Waals surface area contributed by atoms with E-state index < -0.39 is 22.9 Å². The molecule has 0 spiro atoms. The first-order valence-electron chi connectivity index (χ1n) is 9.99. The molecular weight excluding hydrogens is 418 g/mol. The minimum atomic E-state index is -2.12. The molecule has 0 unspecified atom stereocenters. The van der Waals surface area contributed by atoms with Gasteiger partial charge in [-0.25, -0.2) is 9.59 Å². The van der Waals surface area contributed by atoms with Crippen LogP contribution >= 0.6 is 0 Å². The van der Waals surface area contributed by atoms with E-state index in [9.17, 15) is 20.1 Å². The number of methoxy groups -OCH3 is 2. The van der Waals surface area contributed by atoms with E-state index in [2.05, 4.69) is 4.99 Å². The third-order valence-corrected chi connectivity index (χ3v) is 5.35. The lowest BCUT2D eigenvalue weighted by molar-refractivity contribution is -0.139. The third kappa shape index (κ3) is 4.05. The smallest absolute Gasteiger partial charge is 0.340 e. The Morgan fingerprint density at radius 2 is 1.39 bits per heavy atom. The molecule has 0 aliphatic heterocycles. The molecule has 0 atom stereocenters. The second kappa shape index (κ2) is 9.33. The summed E-state index contributed by atoms with van der Waals surface area (Å²) in [6, 6.07) is 18.4. The highest BCUT2D eigenvalue weighted by atomic mass is 16.5. The van der Waals surface area contributed by atoms with E-state index in [4.69, 9.17) is 9.47 Å².